The fourth-order valence-electron chi connectivity index (χ4n) is 4.12. The summed E-state index contributed by atoms with van der Waals surface area (Å²) in [6.45, 7) is 1.97. The van der Waals surface area contributed by atoms with E-state index < -0.39 is 86.2 Å². The first-order chi connectivity index (χ1) is 21.3. The van der Waals surface area contributed by atoms with Gasteiger partial charge in [0.05, 0.1) is 16.7 Å². The number of ether oxygens (including phenoxy) is 1. The fraction of sp³-hybridized carbons (Fsp3) is 0.176. The molecule has 0 radical (unpaired) electrons. The zero-order valence-corrected chi connectivity index (χ0v) is 23.2. The number of unbranched alkanes of at least 4 members (excludes halogenated alkanes) is 2. The number of hydrogen-bond donors (Lipinski definition) is 0. The van der Waals surface area contributed by atoms with Crippen LogP contribution < -0.4 is 4.74 Å². The van der Waals surface area contributed by atoms with Crippen molar-refractivity contribution in [3.8, 4) is 29.4 Å². The minimum atomic E-state index is -4.29. The van der Waals surface area contributed by atoms with Crippen molar-refractivity contribution in [1.29, 1.82) is 0 Å². The van der Waals surface area contributed by atoms with E-state index in [1.54, 1.807) is 0 Å². The van der Waals surface area contributed by atoms with Crippen LogP contribution in [0.25, 0.3) is 0 Å². The normalized spacial score (nSPS) is 11.0. The molecule has 232 valence electrons. The summed E-state index contributed by atoms with van der Waals surface area (Å²) in [6.07, 6.45) is -1.28. The third-order valence-electron chi connectivity index (χ3n) is 6.37. The lowest BCUT2D eigenvalue weighted by molar-refractivity contribution is -0.187. The maximum atomic E-state index is 14.7. The second-order valence-corrected chi connectivity index (χ2v) is 9.72. The summed E-state index contributed by atoms with van der Waals surface area (Å²) in [5.74, 6) is -4.33. The molecule has 0 saturated carbocycles. The van der Waals surface area contributed by atoms with Crippen LogP contribution in [0, 0.1) is 70.2 Å². The molecule has 0 aliphatic rings. The zero-order valence-electron chi connectivity index (χ0n) is 23.2. The Morgan fingerprint density at radius 1 is 0.578 bits per heavy atom. The topological polar surface area (TPSA) is 9.23 Å². The van der Waals surface area contributed by atoms with Gasteiger partial charge in [-0.3, -0.25) is 0 Å². The van der Waals surface area contributed by atoms with Gasteiger partial charge in [0.1, 0.15) is 34.8 Å². The van der Waals surface area contributed by atoms with Crippen LogP contribution in [-0.2, 0) is 12.5 Å². The van der Waals surface area contributed by atoms with E-state index in [1.807, 2.05) is 18.8 Å². The molecule has 4 rings (SSSR count). The van der Waals surface area contributed by atoms with E-state index in [-0.39, 0.29) is 0 Å². The average molecular weight is 635 g/mol. The van der Waals surface area contributed by atoms with Gasteiger partial charge in [0.25, 0.3) is 0 Å². The molecule has 0 bridgehead atoms. The van der Waals surface area contributed by atoms with Crippen LogP contribution in [0.2, 0.25) is 0 Å². The van der Waals surface area contributed by atoms with Crippen molar-refractivity contribution in [2.75, 3.05) is 0 Å². The summed E-state index contributed by atoms with van der Waals surface area (Å²) in [4.78, 5) is 0. The van der Waals surface area contributed by atoms with E-state index in [2.05, 4.69) is 16.6 Å². The molecule has 0 aliphatic carbocycles. The lowest BCUT2D eigenvalue weighted by Gasteiger charge is -2.19. The summed E-state index contributed by atoms with van der Waals surface area (Å²) in [5, 5.41) is 0. The Balaban J connectivity index is 1.53. The minimum Gasteiger partial charge on any atom is -0.429 e. The number of rotatable bonds is 7. The number of alkyl halides is 2. The first-order valence-electron chi connectivity index (χ1n) is 13.3. The molecule has 0 amide bonds. The van der Waals surface area contributed by atoms with Crippen molar-refractivity contribution in [3.05, 3.63) is 135 Å². The summed E-state index contributed by atoms with van der Waals surface area (Å²) in [6, 6.07) is 6.22. The Kier molecular flexibility index (Phi) is 10.1. The lowest BCUT2D eigenvalue weighted by atomic mass is 10.0. The Morgan fingerprint density at radius 2 is 1.07 bits per heavy atom. The number of benzene rings is 4. The number of hydrogen-bond acceptors (Lipinski definition) is 1. The fourth-order valence-corrected chi connectivity index (χ4v) is 4.12. The van der Waals surface area contributed by atoms with Crippen LogP contribution in [0.5, 0.6) is 5.75 Å². The van der Waals surface area contributed by atoms with E-state index in [0.717, 1.165) is 31.4 Å². The molecule has 0 aromatic heterocycles. The van der Waals surface area contributed by atoms with Crippen molar-refractivity contribution in [2.45, 2.75) is 38.7 Å². The van der Waals surface area contributed by atoms with Gasteiger partial charge in [0, 0.05) is 23.3 Å². The second kappa shape index (κ2) is 13.8. The van der Waals surface area contributed by atoms with Gasteiger partial charge in [-0.25, -0.2) is 35.1 Å². The molecular weight excluding hydrogens is 614 g/mol. The Labute approximate surface area is 251 Å². The van der Waals surface area contributed by atoms with Gasteiger partial charge < -0.3 is 4.74 Å². The van der Waals surface area contributed by atoms with Crippen molar-refractivity contribution < 1.29 is 48.6 Å². The Hall–Kier alpha value is -4.90. The third kappa shape index (κ3) is 7.98. The number of aryl methyl sites for hydroxylation is 1. The van der Waals surface area contributed by atoms with Gasteiger partial charge in [0.2, 0.25) is 0 Å². The highest BCUT2D eigenvalue weighted by atomic mass is 19.3. The standard InChI is InChI=1S/C34H20F10O/c1-2-3-4-5-19-8-11-25(30(39)12-19)34(43,44)45-22-17-28(37)24(29(38)18-22)10-6-20-13-26(35)23(27(36)14-20)9-7-21-15-31(40)33(42)32(41)16-21/h8,11-18H,2-5H2,1H3. The first-order valence-corrected chi connectivity index (χ1v) is 13.3. The monoisotopic (exact) mass is 634 g/mol. The molecule has 0 heterocycles. The molecule has 4 aromatic carbocycles. The van der Waals surface area contributed by atoms with Crippen LogP contribution >= 0.6 is 0 Å². The summed E-state index contributed by atoms with van der Waals surface area (Å²) < 4.78 is 146. The van der Waals surface area contributed by atoms with Gasteiger partial charge in [-0.05, 0) is 54.8 Å². The Morgan fingerprint density at radius 3 is 1.56 bits per heavy atom. The highest BCUT2D eigenvalue weighted by Gasteiger charge is 2.38. The van der Waals surface area contributed by atoms with Crippen LogP contribution in [0.15, 0.2) is 54.6 Å². The lowest BCUT2D eigenvalue weighted by Crippen LogP contribution is -2.23. The van der Waals surface area contributed by atoms with Crippen LogP contribution in [-0.4, -0.2) is 0 Å². The third-order valence-corrected chi connectivity index (χ3v) is 6.37. The number of halogens is 10. The summed E-state index contributed by atoms with van der Waals surface area (Å²) in [7, 11) is 0. The molecule has 0 atom stereocenters. The van der Waals surface area contributed by atoms with E-state index in [4.69, 9.17) is 0 Å². The molecule has 45 heavy (non-hydrogen) atoms. The molecule has 11 heteroatoms. The van der Waals surface area contributed by atoms with E-state index in [0.29, 0.717) is 48.4 Å². The van der Waals surface area contributed by atoms with Crippen molar-refractivity contribution in [2.24, 2.45) is 0 Å². The predicted octanol–water partition coefficient (Wildman–Crippen LogP) is 9.46. The molecule has 0 saturated heterocycles. The quantitative estimate of drug-likeness (QED) is 0.0852. The summed E-state index contributed by atoms with van der Waals surface area (Å²) in [5.41, 5.74) is -3.24. The minimum absolute atomic E-state index is 0.388. The largest absolute Gasteiger partial charge is 0.429 e. The van der Waals surface area contributed by atoms with Crippen molar-refractivity contribution >= 4 is 0 Å². The molecule has 0 N–H and O–H groups in total. The van der Waals surface area contributed by atoms with E-state index in [1.165, 1.54) is 6.07 Å². The van der Waals surface area contributed by atoms with Gasteiger partial charge >= 0.3 is 6.11 Å². The van der Waals surface area contributed by atoms with E-state index in [9.17, 15) is 43.9 Å². The molecule has 0 spiro atoms. The molecule has 1 nitrogen and oxygen atoms in total. The van der Waals surface area contributed by atoms with Crippen LogP contribution in [0.4, 0.5) is 43.9 Å². The molecule has 0 fully saturated rings. The van der Waals surface area contributed by atoms with Gasteiger partial charge in [0.15, 0.2) is 17.5 Å². The zero-order chi connectivity index (χ0) is 32.9. The highest BCUT2D eigenvalue weighted by molar-refractivity contribution is 5.50. The molecule has 0 unspecified atom stereocenters. The second-order valence-electron chi connectivity index (χ2n) is 9.72. The van der Waals surface area contributed by atoms with E-state index >= 15 is 0 Å². The van der Waals surface area contributed by atoms with Gasteiger partial charge in [-0.1, -0.05) is 49.5 Å². The van der Waals surface area contributed by atoms with Gasteiger partial charge in [-0.15, -0.1) is 0 Å². The maximum absolute atomic E-state index is 14.7. The highest BCUT2D eigenvalue weighted by Crippen LogP contribution is 2.35. The maximum Gasteiger partial charge on any atom is 0.429 e. The average Bonchev–Trinajstić information content (AvgIpc) is 2.94. The van der Waals surface area contributed by atoms with Crippen molar-refractivity contribution in [3.63, 3.8) is 0 Å². The van der Waals surface area contributed by atoms with Crippen molar-refractivity contribution in [1.82, 2.24) is 0 Å². The molecule has 0 aliphatic heterocycles. The molecular formula is C34H20F10O. The van der Waals surface area contributed by atoms with Gasteiger partial charge in [-0.2, -0.15) is 8.78 Å². The molecule has 4 aromatic rings. The first kappa shape index (κ1) is 33.0. The summed E-state index contributed by atoms with van der Waals surface area (Å²) >= 11 is 0. The predicted molar refractivity (Wildman–Crippen MR) is 145 cm³/mol. The smallest absolute Gasteiger partial charge is 0.429 e. The Bertz CT molecular complexity index is 1810. The van der Waals surface area contributed by atoms with Crippen LogP contribution in [0.3, 0.4) is 0 Å². The van der Waals surface area contributed by atoms with Crippen LogP contribution in [0.1, 0.15) is 59.6 Å². The SMILES string of the molecule is CCCCCc1ccc(C(F)(F)Oc2cc(F)c(C#Cc3cc(F)c(C#Cc4cc(F)c(F)c(F)c4)c(F)c3)c(F)c2)c(F)c1.